The van der Waals surface area contributed by atoms with E-state index in [1.165, 1.54) is 33.5 Å². The van der Waals surface area contributed by atoms with Gasteiger partial charge in [0.15, 0.2) is 0 Å². The highest BCUT2D eigenvalue weighted by Crippen LogP contribution is 2.43. The maximum absolute atomic E-state index is 14.4. The van der Waals surface area contributed by atoms with Gasteiger partial charge in [-0.1, -0.05) is 0 Å². The van der Waals surface area contributed by atoms with Gasteiger partial charge in [0.1, 0.15) is 17.2 Å². The molecule has 0 radical (unpaired) electrons. The molecule has 2 aliphatic rings. The van der Waals surface area contributed by atoms with E-state index in [-0.39, 0.29) is 24.3 Å². The Morgan fingerprint density at radius 1 is 1.07 bits per heavy atom. The van der Waals surface area contributed by atoms with E-state index in [0.717, 1.165) is 11.0 Å². The average molecular weight is 589 g/mol. The SMILES string of the molecule is COC(=O)N1c2c(c(-c3cc(OC)cc(OC)c3)nn(-c3cc(N4CC[C@H](O)C4)ccc3C(F)(F)F)c2=O)CC1(C)C. The van der Waals surface area contributed by atoms with Gasteiger partial charge in [0.25, 0.3) is 5.56 Å². The highest BCUT2D eigenvalue weighted by atomic mass is 19.4. The van der Waals surface area contributed by atoms with Crippen molar-refractivity contribution in [1.29, 1.82) is 0 Å². The molecule has 3 heterocycles. The van der Waals surface area contributed by atoms with Gasteiger partial charge in [-0.2, -0.15) is 23.0 Å². The maximum Gasteiger partial charge on any atom is 0.418 e. The fourth-order valence-electron chi connectivity index (χ4n) is 5.64. The quantitative estimate of drug-likeness (QED) is 0.467. The second-order valence-electron chi connectivity index (χ2n) is 10.9. The maximum atomic E-state index is 14.4. The van der Waals surface area contributed by atoms with Gasteiger partial charge in [-0.25, -0.2) is 4.79 Å². The van der Waals surface area contributed by atoms with Gasteiger partial charge in [-0.3, -0.25) is 9.69 Å². The molecule has 10 nitrogen and oxygen atoms in total. The number of β-amino-alcohol motifs (C(OH)–C–C–N with tert-alkyl or cyclic N) is 1. The number of hydrogen-bond donors (Lipinski definition) is 1. The zero-order chi connectivity index (χ0) is 30.6. The van der Waals surface area contributed by atoms with E-state index in [2.05, 4.69) is 5.10 Å². The van der Waals surface area contributed by atoms with Crippen molar-refractivity contribution in [3.8, 4) is 28.4 Å². The fourth-order valence-corrected chi connectivity index (χ4v) is 5.64. The van der Waals surface area contributed by atoms with Gasteiger partial charge in [0, 0.05) is 42.4 Å². The Bertz CT molecular complexity index is 1580. The number of amides is 1. The average Bonchev–Trinajstić information content (AvgIpc) is 3.51. The number of carbonyl (C=O) groups is 1. The lowest BCUT2D eigenvalue weighted by atomic mass is 9.96. The Kier molecular flexibility index (Phi) is 7.34. The third kappa shape index (κ3) is 5.02. The van der Waals surface area contributed by atoms with Crippen LogP contribution in [0.15, 0.2) is 41.2 Å². The molecule has 0 spiro atoms. The van der Waals surface area contributed by atoms with E-state index in [4.69, 9.17) is 14.2 Å². The minimum absolute atomic E-state index is 0.131. The summed E-state index contributed by atoms with van der Waals surface area (Å²) >= 11 is 0. The number of anilines is 2. The van der Waals surface area contributed by atoms with Crippen molar-refractivity contribution >= 4 is 17.5 Å². The molecular weight excluding hydrogens is 557 g/mol. The van der Waals surface area contributed by atoms with E-state index in [0.29, 0.717) is 46.0 Å². The molecule has 3 aromatic rings. The van der Waals surface area contributed by atoms with Crippen molar-refractivity contribution in [3.05, 3.63) is 57.9 Å². The molecular formula is C29H31F3N4O6. The number of ether oxygens (including phenoxy) is 3. The minimum Gasteiger partial charge on any atom is -0.497 e. The van der Waals surface area contributed by atoms with Crippen LogP contribution in [0.1, 0.15) is 31.4 Å². The van der Waals surface area contributed by atoms with Crippen LogP contribution in [0.5, 0.6) is 11.5 Å². The van der Waals surface area contributed by atoms with Crippen LogP contribution in [0.3, 0.4) is 0 Å². The normalized spacial score (nSPS) is 17.8. The first-order valence-electron chi connectivity index (χ1n) is 13.2. The van der Waals surface area contributed by atoms with Gasteiger partial charge in [-0.05, 0) is 50.6 Å². The number of carbonyl (C=O) groups excluding carboxylic acids is 1. The Hall–Kier alpha value is -4.26. The van der Waals surface area contributed by atoms with Crippen LogP contribution in [-0.2, 0) is 17.3 Å². The number of fused-ring (bicyclic) bond motifs is 1. The van der Waals surface area contributed by atoms with Crippen LogP contribution in [0.4, 0.5) is 29.3 Å². The summed E-state index contributed by atoms with van der Waals surface area (Å²) in [5, 5.41) is 14.5. The second-order valence-corrected chi connectivity index (χ2v) is 10.9. The molecule has 1 fully saturated rings. The van der Waals surface area contributed by atoms with Crippen LogP contribution in [0.2, 0.25) is 0 Å². The summed E-state index contributed by atoms with van der Waals surface area (Å²) in [4.78, 5) is 30.1. The number of alkyl halides is 3. The van der Waals surface area contributed by atoms with Crippen molar-refractivity contribution in [2.45, 2.75) is 44.5 Å². The van der Waals surface area contributed by atoms with Crippen LogP contribution >= 0.6 is 0 Å². The minimum atomic E-state index is -4.83. The molecule has 0 bridgehead atoms. The summed E-state index contributed by atoms with van der Waals surface area (Å²) in [6, 6.07) is 8.31. The standard InChI is InChI=1S/C29H31F3N4O6/c1-28(2)14-21-24(16-10-19(40-3)13-20(11-16)41-4)33-36(26(38)25(21)35(28)27(39)42-5)23-12-17(34-9-8-18(37)15-34)6-7-22(23)29(30,31)32/h6-7,10-13,18,37H,8-9,14-15H2,1-5H3/t18-/m0/s1. The molecule has 1 N–H and O–H groups in total. The number of methoxy groups -OCH3 is 3. The van der Waals surface area contributed by atoms with Crippen LogP contribution in [-0.4, -0.2) is 67.0 Å². The van der Waals surface area contributed by atoms with Crippen molar-refractivity contribution in [1.82, 2.24) is 9.78 Å². The molecule has 42 heavy (non-hydrogen) atoms. The summed E-state index contributed by atoms with van der Waals surface area (Å²) in [7, 11) is 4.07. The third-order valence-corrected chi connectivity index (χ3v) is 7.63. The Morgan fingerprint density at radius 3 is 2.29 bits per heavy atom. The molecule has 2 aliphatic heterocycles. The lowest BCUT2D eigenvalue weighted by Gasteiger charge is -2.30. The Labute approximate surface area is 239 Å². The molecule has 0 saturated carbocycles. The predicted octanol–water partition coefficient (Wildman–Crippen LogP) is 4.41. The molecule has 13 heteroatoms. The lowest BCUT2D eigenvalue weighted by Crippen LogP contribution is -2.47. The predicted molar refractivity (Wildman–Crippen MR) is 149 cm³/mol. The largest absolute Gasteiger partial charge is 0.497 e. The molecule has 1 saturated heterocycles. The van der Waals surface area contributed by atoms with Crippen molar-refractivity contribution in [3.63, 3.8) is 0 Å². The summed E-state index contributed by atoms with van der Waals surface area (Å²) in [5.41, 5.74) is -2.27. The number of benzene rings is 2. The van der Waals surface area contributed by atoms with E-state index in [1.54, 1.807) is 36.9 Å². The van der Waals surface area contributed by atoms with E-state index in [1.807, 2.05) is 0 Å². The van der Waals surface area contributed by atoms with Crippen LogP contribution < -0.4 is 24.8 Å². The van der Waals surface area contributed by atoms with Gasteiger partial charge in [0.05, 0.1) is 49.9 Å². The topological polar surface area (TPSA) is 106 Å². The highest BCUT2D eigenvalue weighted by molar-refractivity contribution is 5.94. The molecule has 1 atom stereocenters. The van der Waals surface area contributed by atoms with E-state index < -0.39 is 40.7 Å². The molecule has 0 aliphatic carbocycles. The first-order chi connectivity index (χ1) is 19.8. The zero-order valence-electron chi connectivity index (χ0n) is 23.8. The van der Waals surface area contributed by atoms with Crippen LogP contribution in [0, 0.1) is 0 Å². The molecule has 0 unspecified atom stereocenters. The van der Waals surface area contributed by atoms with Crippen molar-refractivity contribution in [2.24, 2.45) is 0 Å². The Balaban J connectivity index is 1.86. The number of hydrogen-bond acceptors (Lipinski definition) is 8. The van der Waals surface area contributed by atoms with Gasteiger partial charge < -0.3 is 24.2 Å². The molecule has 1 aromatic heterocycles. The van der Waals surface area contributed by atoms with E-state index in [9.17, 15) is 27.9 Å². The first kappa shape index (κ1) is 29.2. The second kappa shape index (κ2) is 10.5. The van der Waals surface area contributed by atoms with Crippen molar-refractivity contribution in [2.75, 3.05) is 44.2 Å². The number of aliphatic hydroxyl groups is 1. The molecule has 1 amide bonds. The zero-order valence-corrected chi connectivity index (χ0v) is 23.8. The van der Waals surface area contributed by atoms with E-state index >= 15 is 0 Å². The summed E-state index contributed by atoms with van der Waals surface area (Å²) in [6.45, 7) is 4.11. The van der Waals surface area contributed by atoms with Gasteiger partial charge >= 0.3 is 12.3 Å². The summed E-state index contributed by atoms with van der Waals surface area (Å²) < 4.78 is 59.7. The number of rotatable bonds is 5. The summed E-state index contributed by atoms with van der Waals surface area (Å²) in [6.07, 6.45) is -5.66. The molecule has 2 aromatic carbocycles. The molecule has 224 valence electrons. The van der Waals surface area contributed by atoms with Crippen LogP contribution in [0.25, 0.3) is 16.9 Å². The number of aromatic nitrogens is 2. The van der Waals surface area contributed by atoms with Gasteiger partial charge in [-0.15, -0.1) is 0 Å². The van der Waals surface area contributed by atoms with Gasteiger partial charge in [0.2, 0.25) is 0 Å². The fraction of sp³-hybridized carbons (Fsp3) is 0.414. The highest BCUT2D eigenvalue weighted by Gasteiger charge is 2.46. The molecule has 5 rings (SSSR count). The first-order valence-corrected chi connectivity index (χ1v) is 13.2. The third-order valence-electron chi connectivity index (χ3n) is 7.63. The number of aliphatic hydroxyl groups excluding tert-OH is 1. The summed E-state index contributed by atoms with van der Waals surface area (Å²) in [5.74, 6) is 0.788. The number of halogens is 3. The smallest absolute Gasteiger partial charge is 0.418 e. The number of nitrogens with zero attached hydrogens (tertiary/aromatic N) is 4. The lowest BCUT2D eigenvalue weighted by molar-refractivity contribution is -0.137. The monoisotopic (exact) mass is 588 g/mol. The van der Waals surface area contributed by atoms with Crippen molar-refractivity contribution < 1.29 is 37.3 Å². The Morgan fingerprint density at radius 2 is 1.74 bits per heavy atom.